The quantitative estimate of drug-likeness (QED) is 0.486. The van der Waals surface area contributed by atoms with Crippen molar-refractivity contribution in [2.75, 3.05) is 13.7 Å². The monoisotopic (exact) mass is 188 g/mol. The molecule has 4 heteroatoms. The van der Waals surface area contributed by atoms with Gasteiger partial charge >= 0.3 is 5.97 Å². The van der Waals surface area contributed by atoms with Crippen LogP contribution in [0.5, 0.6) is 0 Å². The first kappa shape index (κ1) is 12.1. The molecule has 13 heavy (non-hydrogen) atoms. The van der Waals surface area contributed by atoms with E-state index in [1.165, 1.54) is 7.11 Å². The number of methoxy groups -OCH3 is 1. The molecule has 0 bridgehead atoms. The van der Waals surface area contributed by atoms with Crippen LogP contribution in [0.4, 0.5) is 0 Å². The zero-order chi connectivity index (χ0) is 10.5. The van der Waals surface area contributed by atoms with Crippen LogP contribution in [0, 0.1) is 0 Å². The average molecular weight is 188 g/mol. The number of hydrogen-bond acceptors (Lipinski definition) is 4. The van der Waals surface area contributed by atoms with E-state index in [1.54, 1.807) is 20.8 Å². The molecule has 0 unspecified atom stereocenters. The summed E-state index contributed by atoms with van der Waals surface area (Å²) in [7, 11) is 1.41. The van der Waals surface area contributed by atoms with E-state index in [4.69, 9.17) is 4.74 Å². The third-order valence-corrected chi connectivity index (χ3v) is 1.07. The van der Waals surface area contributed by atoms with Crippen molar-refractivity contribution in [1.82, 2.24) is 0 Å². The van der Waals surface area contributed by atoms with Crippen molar-refractivity contribution >= 4 is 11.8 Å². The summed E-state index contributed by atoms with van der Waals surface area (Å²) in [6.45, 7) is 5.22. The molecule has 0 rings (SSSR count). The van der Waals surface area contributed by atoms with E-state index in [1.807, 2.05) is 0 Å². The van der Waals surface area contributed by atoms with Crippen molar-refractivity contribution in [1.29, 1.82) is 0 Å². The predicted octanol–water partition coefficient (Wildman–Crippen LogP) is 0.934. The van der Waals surface area contributed by atoms with Crippen LogP contribution >= 0.6 is 0 Å². The standard InChI is InChI=1S/C9H16O4/c1-9(2,3)13-8(11)5-7(10)6-12-4/h5-6H2,1-4H3. The predicted molar refractivity (Wildman–Crippen MR) is 47.3 cm³/mol. The molecule has 76 valence electrons. The Labute approximate surface area is 78.2 Å². The lowest BCUT2D eigenvalue weighted by Crippen LogP contribution is -2.26. The fourth-order valence-electron chi connectivity index (χ4n) is 0.751. The second-order valence-electron chi connectivity index (χ2n) is 3.73. The van der Waals surface area contributed by atoms with E-state index in [0.29, 0.717) is 0 Å². The van der Waals surface area contributed by atoms with Crippen molar-refractivity contribution < 1.29 is 19.1 Å². The summed E-state index contributed by atoms with van der Waals surface area (Å²) in [6, 6.07) is 0. The van der Waals surface area contributed by atoms with E-state index in [-0.39, 0.29) is 18.8 Å². The van der Waals surface area contributed by atoms with Crippen LogP contribution in [0.25, 0.3) is 0 Å². The second-order valence-corrected chi connectivity index (χ2v) is 3.73. The summed E-state index contributed by atoms with van der Waals surface area (Å²) in [5.74, 6) is -0.772. The number of ketones is 1. The van der Waals surface area contributed by atoms with Crippen molar-refractivity contribution in [2.24, 2.45) is 0 Å². The van der Waals surface area contributed by atoms with Gasteiger partial charge in [-0.05, 0) is 20.8 Å². The molecule has 0 aromatic rings. The van der Waals surface area contributed by atoms with Gasteiger partial charge < -0.3 is 9.47 Å². The van der Waals surface area contributed by atoms with E-state index < -0.39 is 11.6 Å². The number of hydrogen-bond donors (Lipinski definition) is 0. The zero-order valence-electron chi connectivity index (χ0n) is 8.55. The van der Waals surface area contributed by atoms with Crippen LogP contribution in [-0.2, 0) is 19.1 Å². The normalized spacial score (nSPS) is 11.1. The molecule has 4 nitrogen and oxygen atoms in total. The van der Waals surface area contributed by atoms with Gasteiger partial charge in [0, 0.05) is 7.11 Å². The number of esters is 1. The van der Waals surface area contributed by atoms with Crippen LogP contribution < -0.4 is 0 Å². The molecule has 0 aromatic heterocycles. The highest BCUT2D eigenvalue weighted by Crippen LogP contribution is 2.08. The number of carbonyl (C=O) groups excluding carboxylic acids is 2. The molecule has 0 saturated heterocycles. The van der Waals surface area contributed by atoms with Gasteiger partial charge in [-0.2, -0.15) is 0 Å². The fourth-order valence-corrected chi connectivity index (χ4v) is 0.751. The largest absolute Gasteiger partial charge is 0.460 e. The lowest BCUT2D eigenvalue weighted by atomic mass is 10.2. The van der Waals surface area contributed by atoms with Crippen molar-refractivity contribution in [3.63, 3.8) is 0 Å². The Balaban J connectivity index is 3.82. The van der Waals surface area contributed by atoms with Crippen LogP contribution in [0.15, 0.2) is 0 Å². The maximum atomic E-state index is 11.0. The number of carbonyl (C=O) groups is 2. The van der Waals surface area contributed by atoms with Gasteiger partial charge in [0.25, 0.3) is 0 Å². The topological polar surface area (TPSA) is 52.6 Å². The van der Waals surface area contributed by atoms with E-state index in [0.717, 1.165) is 0 Å². The molecule has 0 spiro atoms. The molecule has 0 aliphatic heterocycles. The molecule has 0 aliphatic rings. The maximum Gasteiger partial charge on any atom is 0.313 e. The van der Waals surface area contributed by atoms with E-state index in [2.05, 4.69) is 4.74 Å². The van der Waals surface area contributed by atoms with Gasteiger partial charge in [0.05, 0.1) is 0 Å². The van der Waals surface area contributed by atoms with Gasteiger partial charge in [-0.25, -0.2) is 0 Å². The van der Waals surface area contributed by atoms with Gasteiger partial charge in [-0.15, -0.1) is 0 Å². The number of rotatable bonds is 4. The van der Waals surface area contributed by atoms with Crippen LogP contribution in [-0.4, -0.2) is 31.1 Å². The minimum atomic E-state index is -0.537. The molecule has 0 saturated carbocycles. The highest BCUT2D eigenvalue weighted by molar-refractivity contribution is 5.96. The second kappa shape index (κ2) is 4.97. The minimum Gasteiger partial charge on any atom is -0.460 e. The molecule has 0 amide bonds. The Bertz CT molecular complexity index is 190. The molecule has 0 heterocycles. The maximum absolute atomic E-state index is 11.0. The molecule has 0 aliphatic carbocycles. The minimum absolute atomic E-state index is 0.0424. The summed E-state index contributed by atoms with van der Waals surface area (Å²) in [4.78, 5) is 22.0. The summed E-state index contributed by atoms with van der Waals surface area (Å²) < 4.78 is 9.52. The first-order valence-electron chi connectivity index (χ1n) is 4.07. The summed E-state index contributed by atoms with van der Waals surface area (Å²) in [6.07, 6.45) is -0.217. The summed E-state index contributed by atoms with van der Waals surface area (Å²) >= 11 is 0. The van der Waals surface area contributed by atoms with Gasteiger partial charge in [0.15, 0.2) is 5.78 Å². The molecule has 0 aromatic carbocycles. The van der Waals surface area contributed by atoms with Crippen molar-refractivity contribution in [3.05, 3.63) is 0 Å². The third kappa shape index (κ3) is 7.46. The van der Waals surface area contributed by atoms with Gasteiger partial charge in [-0.1, -0.05) is 0 Å². The number of ether oxygens (including phenoxy) is 2. The van der Waals surface area contributed by atoms with Gasteiger partial charge in [0.2, 0.25) is 0 Å². The van der Waals surface area contributed by atoms with Crippen LogP contribution in [0.2, 0.25) is 0 Å². The molecule has 0 fully saturated rings. The van der Waals surface area contributed by atoms with Crippen LogP contribution in [0.3, 0.4) is 0 Å². The smallest absolute Gasteiger partial charge is 0.313 e. The highest BCUT2D eigenvalue weighted by atomic mass is 16.6. The Kier molecular flexibility index (Phi) is 4.62. The SMILES string of the molecule is COCC(=O)CC(=O)OC(C)(C)C. The van der Waals surface area contributed by atoms with Crippen LogP contribution in [0.1, 0.15) is 27.2 Å². The van der Waals surface area contributed by atoms with Gasteiger partial charge in [-0.3, -0.25) is 9.59 Å². The fraction of sp³-hybridized carbons (Fsp3) is 0.778. The molecular weight excluding hydrogens is 172 g/mol. The summed E-state index contributed by atoms with van der Waals surface area (Å²) in [5.41, 5.74) is -0.537. The first-order valence-corrected chi connectivity index (χ1v) is 4.07. The van der Waals surface area contributed by atoms with Crippen molar-refractivity contribution in [2.45, 2.75) is 32.8 Å². The van der Waals surface area contributed by atoms with Gasteiger partial charge in [0.1, 0.15) is 18.6 Å². The zero-order valence-corrected chi connectivity index (χ0v) is 8.55. The molecular formula is C9H16O4. The third-order valence-electron chi connectivity index (χ3n) is 1.07. The van der Waals surface area contributed by atoms with E-state index in [9.17, 15) is 9.59 Å². The lowest BCUT2D eigenvalue weighted by Gasteiger charge is -2.18. The first-order chi connectivity index (χ1) is 5.85. The Morgan fingerprint density at radius 1 is 1.23 bits per heavy atom. The Hall–Kier alpha value is -0.900. The highest BCUT2D eigenvalue weighted by Gasteiger charge is 2.18. The van der Waals surface area contributed by atoms with E-state index >= 15 is 0 Å². The van der Waals surface area contributed by atoms with Crippen molar-refractivity contribution in [3.8, 4) is 0 Å². The average Bonchev–Trinajstić information content (AvgIpc) is 1.81. The molecule has 0 atom stereocenters. The molecule has 0 radical (unpaired) electrons. The summed E-state index contributed by atoms with van der Waals surface area (Å²) in [5, 5.41) is 0. The Morgan fingerprint density at radius 2 is 1.77 bits per heavy atom. The number of Topliss-reactive ketones (excluding diaryl/α,β-unsaturated/α-hetero) is 1. The lowest BCUT2D eigenvalue weighted by molar-refractivity contribution is -0.156. The Morgan fingerprint density at radius 3 is 2.15 bits per heavy atom. The molecule has 0 N–H and O–H groups in total.